The molecule has 1 heterocycles. The molecule has 0 radical (unpaired) electrons. The van der Waals surface area contributed by atoms with Crippen LogP contribution in [0.15, 0.2) is 12.4 Å². The molecular weight excluding hydrogens is 216 g/mol. The van der Waals surface area contributed by atoms with Crippen molar-refractivity contribution in [3.05, 3.63) is 18.2 Å². The van der Waals surface area contributed by atoms with E-state index in [0.717, 1.165) is 38.4 Å². The third kappa shape index (κ3) is 4.46. The molecule has 98 valence electrons. The second-order valence-corrected chi connectivity index (χ2v) is 4.41. The number of imidazole rings is 1. The highest BCUT2D eigenvalue weighted by molar-refractivity contribution is 4.91. The monoisotopic (exact) mass is 240 g/mol. The summed E-state index contributed by atoms with van der Waals surface area (Å²) in [5, 5.41) is 0. The van der Waals surface area contributed by atoms with E-state index in [-0.39, 0.29) is 0 Å². The molecule has 0 amide bonds. The van der Waals surface area contributed by atoms with E-state index in [9.17, 15) is 0 Å². The second-order valence-electron chi connectivity index (χ2n) is 4.41. The van der Waals surface area contributed by atoms with Gasteiger partial charge >= 0.3 is 0 Å². The summed E-state index contributed by atoms with van der Waals surface area (Å²) in [7, 11) is 5.86. The molecule has 1 unspecified atom stereocenters. The van der Waals surface area contributed by atoms with Crippen LogP contribution in [0.3, 0.4) is 0 Å². The van der Waals surface area contributed by atoms with Gasteiger partial charge in [-0.3, -0.25) is 4.90 Å². The average molecular weight is 240 g/mol. The standard InChI is InChI=1S/C12H24N4O/c1-15-8-7-14-12(15)9-16(2)11(10-17-3)5-4-6-13/h7-8,11H,4-6,9-10,13H2,1-3H3. The van der Waals surface area contributed by atoms with Gasteiger partial charge in [0, 0.05) is 32.6 Å². The van der Waals surface area contributed by atoms with Crippen LogP contribution < -0.4 is 5.73 Å². The number of hydrogen-bond acceptors (Lipinski definition) is 4. The van der Waals surface area contributed by atoms with Gasteiger partial charge in [-0.2, -0.15) is 0 Å². The van der Waals surface area contributed by atoms with E-state index in [1.54, 1.807) is 7.11 Å². The van der Waals surface area contributed by atoms with Crippen LogP contribution in [0.1, 0.15) is 18.7 Å². The van der Waals surface area contributed by atoms with E-state index in [4.69, 9.17) is 10.5 Å². The zero-order chi connectivity index (χ0) is 12.7. The molecule has 0 aliphatic rings. The van der Waals surface area contributed by atoms with Gasteiger partial charge in [0.1, 0.15) is 5.82 Å². The number of nitrogens with two attached hydrogens (primary N) is 1. The van der Waals surface area contributed by atoms with Crippen molar-refractivity contribution in [2.45, 2.75) is 25.4 Å². The summed E-state index contributed by atoms with van der Waals surface area (Å²) in [6, 6.07) is 0.403. The molecule has 1 aromatic heterocycles. The predicted octanol–water partition coefficient (Wildman–Crippen LogP) is 0.606. The van der Waals surface area contributed by atoms with Gasteiger partial charge in [0.05, 0.1) is 13.2 Å². The van der Waals surface area contributed by atoms with Crippen LogP contribution in [-0.4, -0.2) is 47.8 Å². The summed E-state index contributed by atoms with van der Waals surface area (Å²) in [6.07, 6.45) is 5.88. The van der Waals surface area contributed by atoms with Crippen LogP contribution in [0.4, 0.5) is 0 Å². The number of rotatable bonds is 8. The van der Waals surface area contributed by atoms with Gasteiger partial charge in [-0.15, -0.1) is 0 Å². The van der Waals surface area contributed by atoms with Crippen LogP contribution >= 0.6 is 0 Å². The topological polar surface area (TPSA) is 56.3 Å². The third-order valence-electron chi connectivity index (χ3n) is 3.04. The maximum atomic E-state index is 5.56. The Kier molecular flexibility index (Phi) is 6.18. The Morgan fingerprint density at radius 3 is 2.88 bits per heavy atom. The maximum absolute atomic E-state index is 5.56. The van der Waals surface area contributed by atoms with Crippen molar-refractivity contribution in [1.29, 1.82) is 0 Å². The van der Waals surface area contributed by atoms with Gasteiger partial charge in [-0.25, -0.2) is 4.98 Å². The van der Waals surface area contributed by atoms with Gasteiger partial charge in [-0.1, -0.05) is 0 Å². The lowest BCUT2D eigenvalue weighted by molar-refractivity contribution is 0.0942. The molecule has 1 aromatic rings. The Labute approximate surface area is 104 Å². The molecule has 0 aliphatic heterocycles. The third-order valence-corrected chi connectivity index (χ3v) is 3.04. The van der Waals surface area contributed by atoms with Crippen molar-refractivity contribution < 1.29 is 4.74 Å². The fourth-order valence-electron chi connectivity index (χ4n) is 1.88. The number of nitrogens with zero attached hydrogens (tertiary/aromatic N) is 3. The first-order chi connectivity index (χ1) is 8.19. The summed E-state index contributed by atoms with van der Waals surface area (Å²) in [4.78, 5) is 6.61. The second kappa shape index (κ2) is 7.42. The Balaban J connectivity index is 2.52. The largest absolute Gasteiger partial charge is 0.383 e. The normalized spacial score (nSPS) is 13.2. The number of likely N-dealkylation sites (N-methyl/N-ethyl adjacent to an activating group) is 1. The molecule has 1 atom stereocenters. The quantitative estimate of drug-likeness (QED) is 0.723. The summed E-state index contributed by atoms with van der Waals surface area (Å²) >= 11 is 0. The molecule has 0 bridgehead atoms. The average Bonchev–Trinajstić information content (AvgIpc) is 2.70. The van der Waals surface area contributed by atoms with E-state index in [1.807, 2.05) is 24.0 Å². The Bertz CT molecular complexity index is 313. The van der Waals surface area contributed by atoms with Crippen molar-refractivity contribution in [3.63, 3.8) is 0 Å². The van der Waals surface area contributed by atoms with Crippen molar-refractivity contribution in [2.75, 3.05) is 27.3 Å². The number of aryl methyl sites for hydroxylation is 1. The van der Waals surface area contributed by atoms with Crippen LogP contribution in [-0.2, 0) is 18.3 Å². The molecule has 0 aliphatic carbocycles. The molecule has 0 saturated carbocycles. The molecule has 5 nitrogen and oxygen atoms in total. The molecule has 0 fully saturated rings. The fourth-order valence-corrected chi connectivity index (χ4v) is 1.88. The number of ether oxygens (including phenoxy) is 1. The van der Waals surface area contributed by atoms with Crippen LogP contribution in [0, 0.1) is 0 Å². The first kappa shape index (κ1) is 14.2. The molecule has 0 aromatic carbocycles. The van der Waals surface area contributed by atoms with E-state index < -0.39 is 0 Å². The maximum Gasteiger partial charge on any atom is 0.122 e. The molecule has 1 rings (SSSR count). The molecule has 0 spiro atoms. The zero-order valence-corrected chi connectivity index (χ0v) is 11.1. The highest BCUT2D eigenvalue weighted by atomic mass is 16.5. The van der Waals surface area contributed by atoms with Gasteiger partial charge in [-0.05, 0) is 26.4 Å². The summed E-state index contributed by atoms with van der Waals surface area (Å²) in [5.74, 6) is 1.07. The lowest BCUT2D eigenvalue weighted by atomic mass is 10.1. The minimum absolute atomic E-state index is 0.403. The van der Waals surface area contributed by atoms with Crippen molar-refractivity contribution in [2.24, 2.45) is 12.8 Å². The lowest BCUT2D eigenvalue weighted by Gasteiger charge is -2.27. The van der Waals surface area contributed by atoms with E-state index in [0.29, 0.717) is 6.04 Å². The van der Waals surface area contributed by atoms with E-state index >= 15 is 0 Å². The SMILES string of the molecule is COCC(CCCN)N(C)Cc1nccn1C. The van der Waals surface area contributed by atoms with E-state index in [1.165, 1.54) is 0 Å². The first-order valence-electron chi connectivity index (χ1n) is 6.04. The highest BCUT2D eigenvalue weighted by Gasteiger charge is 2.15. The number of methoxy groups -OCH3 is 1. The smallest absolute Gasteiger partial charge is 0.122 e. The zero-order valence-electron chi connectivity index (χ0n) is 11.1. The Morgan fingerprint density at radius 2 is 2.35 bits per heavy atom. The molecule has 2 N–H and O–H groups in total. The van der Waals surface area contributed by atoms with Crippen LogP contribution in [0.25, 0.3) is 0 Å². The summed E-state index contributed by atoms with van der Waals surface area (Å²) < 4.78 is 7.31. The predicted molar refractivity (Wildman–Crippen MR) is 68.6 cm³/mol. The van der Waals surface area contributed by atoms with Crippen LogP contribution in [0.2, 0.25) is 0 Å². The molecule has 0 saturated heterocycles. The van der Waals surface area contributed by atoms with Crippen LogP contribution in [0.5, 0.6) is 0 Å². The first-order valence-corrected chi connectivity index (χ1v) is 6.04. The van der Waals surface area contributed by atoms with Crippen molar-refractivity contribution >= 4 is 0 Å². The molecule has 5 heteroatoms. The minimum Gasteiger partial charge on any atom is -0.383 e. The summed E-state index contributed by atoms with van der Waals surface area (Å²) in [5.41, 5.74) is 5.56. The van der Waals surface area contributed by atoms with Gasteiger partial charge in [0.25, 0.3) is 0 Å². The minimum atomic E-state index is 0.403. The van der Waals surface area contributed by atoms with E-state index in [2.05, 4.69) is 16.9 Å². The van der Waals surface area contributed by atoms with Crippen molar-refractivity contribution in [3.8, 4) is 0 Å². The number of aromatic nitrogens is 2. The Hall–Kier alpha value is -0.910. The highest BCUT2D eigenvalue weighted by Crippen LogP contribution is 2.09. The van der Waals surface area contributed by atoms with Crippen molar-refractivity contribution in [1.82, 2.24) is 14.5 Å². The van der Waals surface area contributed by atoms with Gasteiger partial charge in [0.2, 0.25) is 0 Å². The van der Waals surface area contributed by atoms with Gasteiger partial charge in [0.15, 0.2) is 0 Å². The summed E-state index contributed by atoms with van der Waals surface area (Å²) in [6.45, 7) is 2.31. The fraction of sp³-hybridized carbons (Fsp3) is 0.750. The van der Waals surface area contributed by atoms with Gasteiger partial charge < -0.3 is 15.0 Å². The Morgan fingerprint density at radius 1 is 1.59 bits per heavy atom. The molecular formula is C12H24N4O. The lowest BCUT2D eigenvalue weighted by Crippen LogP contribution is -2.36. The molecule has 17 heavy (non-hydrogen) atoms. The number of hydrogen-bond donors (Lipinski definition) is 1.